The SMILES string of the molecule is CC(=O)Nc1ccc(S(=O)(=O)Nc2nnc(C)c(C)n2)cc1. The second kappa shape index (κ2) is 6.06. The van der Waals surface area contributed by atoms with Gasteiger partial charge in [0.15, 0.2) is 0 Å². The molecule has 22 heavy (non-hydrogen) atoms. The van der Waals surface area contributed by atoms with Gasteiger partial charge in [-0.3, -0.25) is 4.79 Å². The van der Waals surface area contributed by atoms with Gasteiger partial charge >= 0.3 is 0 Å². The van der Waals surface area contributed by atoms with E-state index in [1.165, 1.54) is 31.2 Å². The summed E-state index contributed by atoms with van der Waals surface area (Å²) in [7, 11) is -3.82. The Bertz CT molecular complexity index is 803. The molecule has 0 atom stereocenters. The van der Waals surface area contributed by atoms with Crippen LogP contribution >= 0.6 is 0 Å². The van der Waals surface area contributed by atoms with Crippen LogP contribution in [0.15, 0.2) is 29.2 Å². The number of nitrogens with zero attached hydrogens (tertiary/aromatic N) is 3. The molecule has 1 aromatic carbocycles. The largest absolute Gasteiger partial charge is 0.326 e. The first kappa shape index (κ1) is 15.8. The predicted octanol–water partition coefficient (Wildman–Crippen LogP) is 1.25. The summed E-state index contributed by atoms with van der Waals surface area (Å²) in [4.78, 5) is 15.0. The molecule has 0 bridgehead atoms. The normalized spacial score (nSPS) is 11.0. The number of benzene rings is 1. The molecule has 2 aromatic rings. The highest BCUT2D eigenvalue weighted by Gasteiger charge is 2.16. The Morgan fingerprint density at radius 2 is 1.68 bits per heavy atom. The minimum atomic E-state index is -3.82. The lowest BCUT2D eigenvalue weighted by atomic mass is 10.3. The van der Waals surface area contributed by atoms with Crippen LogP contribution in [0, 0.1) is 13.8 Å². The van der Waals surface area contributed by atoms with Crippen molar-refractivity contribution >= 4 is 27.6 Å². The molecule has 0 unspecified atom stereocenters. The Kier molecular flexibility index (Phi) is 4.36. The van der Waals surface area contributed by atoms with Gasteiger partial charge in [-0.25, -0.2) is 18.1 Å². The van der Waals surface area contributed by atoms with Gasteiger partial charge in [0.05, 0.1) is 16.3 Å². The number of carbonyl (C=O) groups is 1. The molecule has 0 fully saturated rings. The van der Waals surface area contributed by atoms with Gasteiger partial charge in [-0.15, -0.1) is 5.10 Å². The van der Waals surface area contributed by atoms with E-state index in [1.807, 2.05) is 0 Å². The van der Waals surface area contributed by atoms with E-state index in [4.69, 9.17) is 0 Å². The van der Waals surface area contributed by atoms with Crippen LogP contribution in [0.4, 0.5) is 11.6 Å². The number of hydrogen-bond acceptors (Lipinski definition) is 6. The Morgan fingerprint density at radius 1 is 1.05 bits per heavy atom. The number of aromatic nitrogens is 3. The molecule has 1 amide bonds. The minimum Gasteiger partial charge on any atom is -0.326 e. The number of carbonyl (C=O) groups excluding carboxylic acids is 1. The van der Waals surface area contributed by atoms with Crippen molar-refractivity contribution in [1.82, 2.24) is 15.2 Å². The molecule has 0 spiro atoms. The predicted molar refractivity (Wildman–Crippen MR) is 80.9 cm³/mol. The third kappa shape index (κ3) is 3.76. The van der Waals surface area contributed by atoms with Gasteiger partial charge < -0.3 is 5.32 Å². The maximum Gasteiger partial charge on any atom is 0.264 e. The van der Waals surface area contributed by atoms with E-state index in [9.17, 15) is 13.2 Å². The Hall–Kier alpha value is -2.55. The number of rotatable bonds is 4. The van der Waals surface area contributed by atoms with E-state index in [1.54, 1.807) is 13.8 Å². The van der Waals surface area contributed by atoms with Crippen molar-refractivity contribution < 1.29 is 13.2 Å². The van der Waals surface area contributed by atoms with Gasteiger partial charge in [0, 0.05) is 12.6 Å². The fourth-order valence-corrected chi connectivity index (χ4v) is 2.54. The van der Waals surface area contributed by atoms with Gasteiger partial charge in [-0.1, -0.05) is 0 Å². The van der Waals surface area contributed by atoms with E-state index in [0.29, 0.717) is 17.1 Å². The summed E-state index contributed by atoms with van der Waals surface area (Å²) >= 11 is 0. The zero-order chi connectivity index (χ0) is 16.3. The number of hydrogen-bond donors (Lipinski definition) is 2. The summed E-state index contributed by atoms with van der Waals surface area (Å²) in [6, 6.07) is 5.75. The number of amides is 1. The van der Waals surface area contributed by atoms with E-state index in [2.05, 4.69) is 25.2 Å². The van der Waals surface area contributed by atoms with Gasteiger partial charge in [0.2, 0.25) is 5.91 Å². The maximum atomic E-state index is 12.2. The molecular formula is C13H15N5O3S. The van der Waals surface area contributed by atoms with Crippen LogP contribution in [0.25, 0.3) is 0 Å². The molecule has 0 saturated heterocycles. The molecule has 2 N–H and O–H groups in total. The van der Waals surface area contributed by atoms with Crippen molar-refractivity contribution in [3.05, 3.63) is 35.7 Å². The molecule has 0 radical (unpaired) electrons. The fourth-order valence-electron chi connectivity index (χ4n) is 1.60. The zero-order valence-corrected chi connectivity index (χ0v) is 13.1. The number of nitrogens with one attached hydrogen (secondary N) is 2. The van der Waals surface area contributed by atoms with Crippen molar-refractivity contribution in [3.8, 4) is 0 Å². The summed E-state index contributed by atoms with van der Waals surface area (Å²) in [6.45, 7) is 4.81. The molecule has 0 saturated carbocycles. The molecule has 9 heteroatoms. The van der Waals surface area contributed by atoms with Gasteiger partial charge in [0.1, 0.15) is 0 Å². The van der Waals surface area contributed by atoms with Crippen LogP contribution in [0.2, 0.25) is 0 Å². The van der Waals surface area contributed by atoms with Crippen LogP contribution in [0.5, 0.6) is 0 Å². The minimum absolute atomic E-state index is 0.0310. The second-order valence-corrected chi connectivity index (χ2v) is 6.30. The maximum absolute atomic E-state index is 12.2. The molecule has 1 heterocycles. The van der Waals surface area contributed by atoms with Crippen molar-refractivity contribution in [2.24, 2.45) is 0 Å². The van der Waals surface area contributed by atoms with Crippen molar-refractivity contribution in [1.29, 1.82) is 0 Å². The van der Waals surface area contributed by atoms with Crippen LogP contribution < -0.4 is 10.0 Å². The lowest BCUT2D eigenvalue weighted by Crippen LogP contribution is -2.16. The summed E-state index contributed by atoms with van der Waals surface area (Å²) in [5.74, 6) is -0.322. The average Bonchev–Trinajstić information content (AvgIpc) is 2.42. The molecule has 2 rings (SSSR count). The summed E-state index contributed by atoms with van der Waals surface area (Å²) < 4.78 is 26.7. The summed E-state index contributed by atoms with van der Waals surface area (Å²) in [5, 5.41) is 10.1. The van der Waals surface area contributed by atoms with E-state index >= 15 is 0 Å². The first-order valence-electron chi connectivity index (χ1n) is 6.36. The molecule has 0 aliphatic heterocycles. The second-order valence-electron chi connectivity index (χ2n) is 4.62. The van der Waals surface area contributed by atoms with Gasteiger partial charge in [-0.05, 0) is 38.1 Å². The Morgan fingerprint density at radius 3 is 2.23 bits per heavy atom. The number of aryl methyl sites for hydroxylation is 2. The van der Waals surface area contributed by atoms with Gasteiger partial charge in [0.25, 0.3) is 16.0 Å². The lowest BCUT2D eigenvalue weighted by Gasteiger charge is -2.08. The first-order valence-corrected chi connectivity index (χ1v) is 7.84. The van der Waals surface area contributed by atoms with E-state index in [-0.39, 0.29) is 16.8 Å². The van der Waals surface area contributed by atoms with Crippen LogP contribution in [-0.2, 0) is 14.8 Å². The smallest absolute Gasteiger partial charge is 0.264 e. The third-order valence-electron chi connectivity index (χ3n) is 2.80. The number of sulfonamides is 1. The van der Waals surface area contributed by atoms with Crippen molar-refractivity contribution in [2.75, 3.05) is 10.0 Å². The molecule has 1 aromatic heterocycles. The van der Waals surface area contributed by atoms with Crippen LogP contribution in [0.1, 0.15) is 18.3 Å². The number of anilines is 2. The average molecular weight is 321 g/mol. The zero-order valence-electron chi connectivity index (χ0n) is 12.3. The standard InChI is InChI=1S/C13H15N5O3S/c1-8-9(2)16-17-13(14-8)18-22(20,21)12-6-4-11(5-7-12)15-10(3)19/h4-7H,1-3H3,(H,15,19)(H,14,17,18). The molecule has 116 valence electrons. The van der Waals surface area contributed by atoms with E-state index < -0.39 is 10.0 Å². The summed E-state index contributed by atoms with van der Waals surface area (Å²) in [6.07, 6.45) is 0. The van der Waals surface area contributed by atoms with E-state index in [0.717, 1.165) is 0 Å². The van der Waals surface area contributed by atoms with Crippen LogP contribution in [-0.4, -0.2) is 29.5 Å². The van der Waals surface area contributed by atoms with Crippen molar-refractivity contribution in [3.63, 3.8) is 0 Å². The Balaban J connectivity index is 2.22. The Labute approximate surface area is 128 Å². The third-order valence-corrected chi connectivity index (χ3v) is 4.15. The highest BCUT2D eigenvalue weighted by molar-refractivity contribution is 7.92. The molecule has 0 aliphatic carbocycles. The highest BCUT2D eigenvalue weighted by atomic mass is 32.2. The monoisotopic (exact) mass is 321 g/mol. The summed E-state index contributed by atoms with van der Waals surface area (Å²) in [5.41, 5.74) is 1.73. The highest BCUT2D eigenvalue weighted by Crippen LogP contribution is 2.16. The molecular weight excluding hydrogens is 306 g/mol. The first-order chi connectivity index (χ1) is 10.3. The van der Waals surface area contributed by atoms with Gasteiger partial charge in [-0.2, -0.15) is 5.10 Å². The lowest BCUT2D eigenvalue weighted by molar-refractivity contribution is -0.114. The van der Waals surface area contributed by atoms with Crippen molar-refractivity contribution in [2.45, 2.75) is 25.7 Å². The fraction of sp³-hybridized carbons (Fsp3) is 0.231. The topological polar surface area (TPSA) is 114 Å². The molecule has 0 aliphatic rings. The molecule has 8 nitrogen and oxygen atoms in total. The van der Waals surface area contributed by atoms with Crippen LogP contribution in [0.3, 0.4) is 0 Å². The quantitative estimate of drug-likeness (QED) is 0.876.